The molecule has 0 aliphatic carbocycles. The fourth-order valence-electron chi connectivity index (χ4n) is 1.11. The molecule has 0 atom stereocenters. The molecule has 3 nitrogen and oxygen atoms in total. The summed E-state index contributed by atoms with van der Waals surface area (Å²) in [6.45, 7) is 1.89. The van der Waals surface area contributed by atoms with Crippen LogP contribution in [0.3, 0.4) is 0 Å². The van der Waals surface area contributed by atoms with Crippen molar-refractivity contribution >= 4 is 11.7 Å². The van der Waals surface area contributed by atoms with Gasteiger partial charge in [-0.05, 0) is 24.6 Å². The zero-order chi connectivity index (χ0) is 12.1. The Labute approximate surface area is 91.4 Å². The van der Waals surface area contributed by atoms with E-state index in [1.165, 1.54) is 6.07 Å². The zero-order valence-corrected chi connectivity index (χ0v) is 8.63. The predicted molar refractivity (Wildman–Crippen MR) is 56.2 cm³/mol. The quantitative estimate of drug-likeness (QED) is 0.776. The van der Waals surface area contributed by atoms with Crippen LogP contribution in [-0.2, 0) is 4.79 Å². The number of carboxylic acid groups (broad SMARTS) is 1. The van der Waals surface area contributed by atoms with E-state index in [0.717, 1.165) is 18.2 Å². The van der Waals surface area contributed by atoms with Crippen molar-refractivity contribution in [1.82, 2.24) is 0 Å². The SMILES string of the molecule is C/C(=C/C(=O)O)CNc1ccc(F)c(F)c1. The average Bonchev–Trinajstić information content (AvgIpc) is 2.19. The molecular weight excluding hydrogens is 216 g/mol. The molecule has 0 heterocycles. The second-order valence-electron chi connectivity index (χ2n) is 3.31. The summed E-state index contributed by atoms with van der Waals surface area (Å²) in [5.41, 5.74) is 0.981. The monoisotopic (exact) mass is 227 g/mol. The van der Waals surface area contributed by atoms with E-state index < -0.39 is 17.6 Å². The summed E-state index contributed by atoms with van der Waals surface area (Å²) < 4.78 is 25.4. The number of benzene rings is 1. The second-order valence-corrected chi connectivity index (χ2v) is 3.31. The van der Waals surface area contributed by atoms with Crippen LogP contribution in [0.4, 0.5) is 14.5 Å². The number of carbonyl (C=O) groups is 1. The summed E-state index contributed by atoms with van der Waals surface area (Å²) in [7, 11) is 0. The van der Waals surface area contributed by atoms with E-state index in [2.05, 4.69) is 5.32 Å². The first-order chi connectivity index (χ1) is 7.49. The number of hydrogen-bond acceptors (Lipinski definition) is 2. The van der Waals surface area contributed by atoms with Crippen LogP contribution in [0, 0.1) is 11.6 Å². The smallest absolute Gasteiger partial charge is 0.328 e. The van der Waals surface area contributed by atoms with Gasteiger partial charge in [0.05, 0.1) is 0 Å². The van der Waals surface area contributed by atoms with Gasteiger partial charge in [-0.3, -0.25) is 0 Å². The predicted octanol–water partition coefficient (Wildman–Crippen LogP) is 2.41. The highest BCUT2D eigenvalue weighted by molar-refractivity contribution is 5.80. The molecular formula is C11H11F2NO2. The van der Waals surface area contributed by atoms with Gasteiger partial charge in [-0.25, -0.2) is 13.6 Å². The number of rotatable bonds is 4. The first-order valence-electron chi connectivity index (χ1n) is 4.58. The minimum absolute atomic E-state index is 0.261. The number of nitrogens with one attached hydrogen (secondary N) is 1. The van der Waals surface area contributed by atoms with Gasteiger partial charge < -0.3 is 10.4 Å². The van der Waals surface area contributed by atoms with Crippen LogP contribution in [0.5, 0.6) is 0 Å². The lowest BCUT2D eigenvalue weighted by Gasteiger charge is -2.06. The van der Waals surface area contributed by atoms with Gasteiger partial charge in [-0.2, -0.15) is 0 Å². The van der Waals surface area contributed by atoms with Gasteiger partial charge in [0.15, 0.2) is 11.6 Å². The molecule has 1 rings (SSSR count). The zero-order valence-electron chi connectivity index (χ0n) is 8.63. The molecule has 0 amide bonds. The molecule has 0 unspecified atom stereocenters. The van der Waals surface area contributed by atoms with Crippen molar-refractivity contribution in [2.45, 2.75) is 6.92 Å². The van der Waals surface area contributed by atoms with Gasteiger partial charge in [-0.1, -0.05) is 0 Å². The molecule has 5 heteroatoms. The number of hydrogen-bond donors (Lipinski definition) is 2. The normalized spacial score (nSPS) is 11.3. The van der Waals surface area contributed by atoms with Crippen LogP contribution < -0.4 is 5.32 Å². The minimum atomic E-state index is -1.04. The summed E-state index contributed by atoms with van der Waals surface area (Å²) in [6, 6.07) is 3.41. The fourth-order valence-corrected chi connectivity index (χ4v) is 1.11. The van der Waals surface area contributed by atoms with Gasteiger partial charge in [-0.15, -0.1) is 0 Å². The van der Waals surface area contributed by atoms with Crippen molar-refractivity contribution in [2.75, 3.05) is 11.9 Å². The van der Waals surface area contributed by atoms with E-state index in [0.29, 0.717) is 11.3 Å². The molecule has 0 fully saturated rings. The molecule has 2 N–H and O–H groups in total. The van der Waals surface area contributed by atoms with E-state index in [9.17, 15) is 13.6 Å². The van der Waals surface area contributed by atoms with Crippen LogP contribution in [-0.4, -0.2) is 17.6 Å². The Kier molecular flexibility index (Phi) is 3.99. The Morgan fingerprint density at radius 1 is 1.44 bits per heavy atom. The molecule has 0 bridgehead atoms. The second kappa shape index (κ2) is 5.25. The van der Waals surface area contributed by atoms with Crippen LogP contribution in [0.2, 0.25) is 0 Å². The highest BCUT2D eigenvalue weighted by Gasteiger charge is 2.02. The van der Waals surface area contributed by atoms with Gasteiger partial charge in [0.2, 0.25) is 0 Å². The molecule has 0 saturated carbocycles. The molecule has 0 saturated heterocycles. The highest BCUT2D eigenvalue weighted by atomic mass is 19.2. The molecule has 16 heavy (non-hydrogen) atoms. The van der Waals surface area contributed by atoms with Gasteiger partial charge >= 0.3 is 5.97 Å². The minimum Gasteiger partial charge on any atom is -0.478 e. The third-order valence-electron chi connectivity index (χ3n) is 1.86. The molecule has 1 aromatic carbocycles. The lowest BCUT2D eigenvalue weighted by Crippen LogP contribution is -2.05. The van der Waals surface area contributed by atoms with Crippen molar-refractivity contribution in [1.29, 1.82) is 0 Å². The molecule has 0 aliphatic heterocycles. The Morgan fingerprint density at radius 2 is 2.12 bits per heavy atom. The van der Waals surface area contributed by atoms with E-state index in [1.54, 1.807) is 6.92 Å². The largest absolute Gasteiger partial charge is 0.478 e. The number of anilines is 1. The van der Waals surface area contributed by atoms with Crippen molar-refractivity contribution in [2.24, 2.45) is 0 Å². The third kappa shape index (κ3) is 3.68. The Balaban J connectivity index is 2.61. The molecule has 0 radical (unpaired) electrons. The number of halogens is 2. The lowest BCUT2D eigenvalue weighted by atomic mass is 10.2. The van der Waals surface area contributed by atoms with E-state index >= 15 is 0 Å². The molecule has 0 aromatic heterocycles. The molecule has 0 aliphatic rings. The number of carboxylic acids is 1. The van der Waals surface area contributed by atoms with Crippen molar-refractivity contribution in [3.8, 4) is 0 Å². The van der Waals surface area contributed by atoms with Crippen LogP contribution >= 0.6 is 0 Å². The van der Waals surface area contributed by atoms with Crippen molar-refractivity contribution in [3.63, 3.8) is 0 Å². The number of aliphatic carboxylic acids is 1. The first kappa shape index (κ1) is 12.2. The van der Waals surface area contributed by atoms with E-state index in [4.69, 9.17) is 5.11 Å². The average molecular weight is 227 g/mol. The van der Waals surface area contributed by atoms with Crippen LogP contribution in [0.15, 0.2) is 29.8 Å². The maximum absolute atomic E-state index is 12.8. The van der Waals surface area contributed by atoms with E-state index in [-0.39, 0.29) is 6.54 Å². The Morgan fingerprint density at radius 3 is 2.69 bits per heavy atom. The van der Waals surface area contributed by atoms with Crippen molar-refractivity contribution in [3.05, 3.63) is 41.5 Å². The Hall–Kier alpha value is -1.91. The maximum atomic E-state index is 12.8. The lowest BCUT2D eigenvalue weighted by molar-refractivity contribution is -0.131. The summed E-state index contributed by atoms with van der Waals surface area (Å²) in [5, 5.41) is 11.2. The third-order valence-corrected chi connectivity index (χ3v) is 1.86. The summed E-state index contributed by atoms with van der Waals surface area (Å²) in [6.07, 6.45) is 1.05. The van der Waals surface area contributed by atoms with Gasteiger partial charge in [0.1, 0.15) is 0 Å². The standard InChI is InChI=1S/C11H11F2NO2/c1-7(4-11(15)16)6-14-8-2-3-9(12)10(13)5-8/h2-5,14H,6H2,1H3,(H,15,16)/b7-4-. The molecule has 0 spiro atoms. The van der Waals surface area contributed by atoms with Crippen LogP contribution in [0.25, 0.3) is 0 Å². The highest BCUT2D eigenvalue weighted by Crippen LogP contribution is 2.13. The van der Waals surface area contributed by atoms with Gasteiger partial charge in [0.25, 0.3) is 0 Å². The molecule has 86 valence electrons. The van der Waals surface area contributed by atoms with Crippen LogP contribution in [0.1, 0.15) is 6.92 Å². The summed E-state index contributed by atoms with van der Waals surface area (Å²) >= 11 is 0. The summed E-state index contributed by atoms with van der Waals surface area (Å²) in [4.78, 5) is 10.3. The van der Waals surface area contributed by atoms with Crippen molar-refractivity contribution < 1.29 is 18.7 Å². The topological polar surface area (TPSA) is 49.3 Å². The van der Waals surface area contributed by atoms with Gasteiger partial charge in [0, 0.05) is 24.4 Å². The summed E-state index contributed by atoms with van der Waals surface area (Å²) in [5.74, 6) is -2.89. The first-order valence-corrected chi connectivity index (χ1v) is 4.58. The maximum Gasteiger partial charge on any atom is 0.328 e. The fraction of sp³-hybridized carbons (Fsp3) is 0.182. The van der Waals surface area contributed by atoms with E-state index in [1.807, 2.05) is 0 Å². The molecule has 1 aromatic rings. The Bertz CT molecular complexity index is 430.